The molecule has 2 aromatic rings. The Kier molecular flexibility index (Phi) is 2.68. The van der Waals surface area contributed by atoms with Crippen LogP contribution in [-0.2, 0) is 11.2 Å². The number of rotatable bonds is 3. The van der Waals surface area contributed by atoms with E-state index in [4.69, 9.17) is 5.11 Å². The summed E-state index contributed by atoms with van der Waals surface area (Å²) < 4.78 is 1.11. The van der Waals surface area contributed by atoms with E-state index in [2.05, 4.69) is 4.98 Å². The van der Waals surface area contributed by atoms with Crippen molar-refractivity contribution < 1.29 is 9.90 Å². The Labute approximate surface area is 97.8 Å². The average Bonchev–Trinajstić information content (AvgIpc) is 2.58. The van der Waals surface area contributed by atoms with Gasteiger partial charge in [-0.05, 0) is 26.0 Å². The number of carboxylic acid groups (broad SMARTS) is 1. The van der Waals surface area contributed by atoms with Gasteiger partial charge in [-0.1, -0.05) is 12.1 Å². The van der Waals surface area contributed by atoms with Gasteiger partial charge in [0.05, 0.1) is 20.6 Å². The lowest BCUT2D eigenvalue weighted by atomic mass is 9.90. The highest BCUT2D eigenvalue weighted by atomic mass is 32.1. The molecule has 0 radical (unpaired) electrons. The first-order valence-electron chi connectivity index (χ1n) is 5.07. The second-order valence-corrected chi connectivity index (χ2v) is 5.56. The molecule has 0 atom stereocenters. The molecule has 2 rings (SSSR count). The molecular formula is C12H13NO2S. The Morgan fingerprint density at radius 1 is 1.44 bits per heavy atom. The minimum Gasteiger partial charge on any atom is -0.481 e. The van der Waals surface area contributed by atoms with Crippen LogP contribution in [0.2, 0.25) is 0 Å². The fourth-order valence-electron chi connectivity index (χ4n) is 1.45. The summed E-state index contributed by atoms with van der Waals surface area (Å²) in [5.41, 5.74) is 0.192. The number of carboxylic acids is 1. The van der Waals surface area contributed by atoms with Crippen molar-refractivity contribution in [2.75, 3.05) is 0 Å². The Balaban J connectivity index is 2.32. The van der Waals surface area contributed by atoms with Crippen LogP contribution in [0.4, 0.5) is 0 Å². The van der Waals surface area contributed by atoms with Crippen molar-refractivity contribution in [3.63, 3.8) is 0 Å². The summed E-state index contributed by atoms with van der Waals surface area (Å²) in [5, 5.41) is 9.94. The number of hydrogen-bond donors (Lipinski definition) is 1. The molecule has 3 nitrogen and oxygen atoms in total. The number of nitrogens with zero attached hydrogens (tertiary/aromatic N) is 1. The number of thiazole rings is 1. The Hall–Kier alpha value is -1.42. The molecule has 0 bridgehead atoms. The van der Waals surface area contributed by atoms with Crippen molar-refractivity contribution in [3.05, 3.63) is 29.3 Å². The van der Waals surface area contributed by atoms with Gasteiger partial charge in [-0.25, -0.2) is 4.98 Å². The summed E-state index contributed by atoms with van der Waals surface area (Å²) >= 11 is 1.57. The smallest absolute Gasteiger partial charge is 0.309 e. The number of carbonyl (C=O) groups is 1. The van der Waals surface area contributed by atoms with Gasteiger partial charge < -0.3 is 5.11 Å². The van der Waals surface area contributed by atoms with Crippen molar-refractivity contribution in [2.45, 2.75) is 20.3 Å². The number of para-hydroxylation sites is 1. The summed E-state index contributed by atoms with van der Waals surface area (Å²) in [6, 6.07) is 7.86. The third kappa shape index (κ3) is 2.07. The molecule has 1 aromatic carbocycles. The highest BCUT2D eigenvalue weighted by Crippen LogP contribution is 2.28. The first-order valence-corrected chi connectivity index (χ1v) is 5.88. The van der Waals surface area contributed by atoms with E-state index >= 15 is 0 Å². The summed E-state index contributed by atoms with van der Waals surface area (Å²) in [6.07, 6.45) is 0.474. The number of fused-ring (bicyclic) bond motifs is 1. The van der Waals surface area contributed by atoms with Gasteiger partial charge in [-0.3, -0.25) is 4.79 Å². The Bertz CT molecular complexity index is 498. The van der Waals surface area contributed by atoms with Gasteiger partial charge in [0.2, 0.25) is 0 Å². The highest BCUT2D eigenvalue weighted by Gasteiger charge is 2.28. The van der Waals surface area contributed by atoms with Gasteiger partial charge in [-0.2, -0.15) is 0 Å². The van der Waals surface area contributed by atoms with Crippen LogP contribution in [0, 0.1) is 5.41 Å². The lowest BCUT2D eigenvalue weighted by molar-refractivity contribution is -0.146. The maximum atomic E-state index is 11.0. The lowest BCUT2D eigenvalue weighted by Crippen LogP contribution is -2.26. The average molecular weight is 235 g/mol. The quantitative estimate of drug-likeness (QED) is 0.889. The van der Waals surface area contributed by atoms with Crippen LogP contribution in [0.15, 0.2) is 24.3 Å². The molecule has 1 heterocycles. The molecule has 1 N–H and O–H groups in total. The molecule has 0 aliphatic rings. The molecule has 0 aliphatic heterocycles. The van der Waals surface area contributed by atoms with Crippen LogP contribution >= 0.6 is 11.3 Å². The minimum absolute atomic E-state index is 0.474. The van der Waals surface area contributed by atoms with Crippen LogP contribution in [0.5, 0.6) is 0 Å². The molecule has 1 aromatic heterocycles. The number of hydrogen-bond acceptors (Lipinski definition) is 3. The standard InChI is InChI=1S/C12H13NO2S/c1-12(2,11(14)15)7-10-13-8-5-3-4-6-9(8)16-10/h3-6H,7H2,1-2H3,(H,14,15). The van der Waals surface area contributed by atoms with Gasteiger partial charge in [0.15, 0.2) is 0 Å². The summed E-state index contributed by atoms with van der Waals surface area (Å²) in [4.78, 5) is 15.5. The summed E-state index contributed by atoms with van der Waals surface area (Å²) in [6.45, 7) is 3.45. The molecular weight excluding hydrogens is 222 g/mol. The molecule has 0 amide bonds. The normalized spacial score (nSPS) is 11.9. The van der Waals surface area contributed by atoms with E-state index in [1.54, 1.807) is 25.2 Å². The van der Waals surface area contributed by atoms with Gasteiger partial charge in [-0.15, -0.1) is 11.3 Å². The maximum absolute atomic E-state index is 11.0. The zero-order valence-electron chi connectivity index (χ0n) is 9.23. The van der Waals surface area contributed by atoms with Crippen molar-refractivity contribution in [2.24, 2.45) is 5.41 Å². The fourth-order valence-corrected chi connectivity index (χ4v) is 2.64. The molecule has 84 valence electrons. The van der Waals surface area contributed by atoms with E-state index in [0.29, 0.717) is 6.42 Å². The molecule has 16 heavy (non-hydrogen) atoms. The minimum atomic E-state index is -0.785. The van der Waals surface area contributed by atoms with E-state index in [-0.39, 0.29) is 0 Å². The predicted octanol–water partition coefficient (Wildman–Crippen LogP) is 2.95. The molecule has 0 unspecified atom stereocenters. The topological polar surface area (TPSA) is 50.2 Å². The second-order valence-electron chi connectivity index (χ2n) is 4.44. The van der Waals surface area contributed by atoms with Gasteiger partial charge in [0, 0.05) is 6.42 Å². The Morgan fingerprint density at radius 2 is 2.12 bits per heavy atom. The van der Waals surface area contributed by atoms with Crippen LogP contribution in [0.25, 0.3) is 10.2 Å². The van der Waals surface area contributed by atoms with Crippen molar-refractivity contribution in [1.82, 2.24) is 4.98 Å². The first-order chi connectivity index (χ1) is 7.49. The first kappa shape index (κ1) is 11.1. The molecule has 0 aliphatic carbocycles. The molecule has 4 heteroatoms. The van der Waals surface area contributed by atoms with Crippen molar-refractivity contribution >= 4 is 27.5 Å². The predicted molar refractivity (Wildman–Crippen MR) is 64.7 cm³/mol. The van der Waals surface area contributed by atoms with Crippen LogP contribution in [0.1, 0.15) is 18.9 Å². The van der Waals surface area contributed by atoms with Crippen molar-refractivity contribution in [1.29, 1.82) is 0 Å². The number of aromatic nitrogens is 1. The third-order valence-electron chi connectivity index (χ3n) is 2.51. The van der Waals surface area contributed by atoms with Crippen LogP contribution in [-0.4, -0.2) is 16.1 Å². The van der Waals surface area contributed by atoms with Gasteiger partial charge in [0.25, 0.3) is 0 Å². The lowest BCUT2D eigenvalue weighted by Gasteiger charge is -2.16. The molecule has 0 saturated heterocycles. The second kappa shape index (κ2) is 3.87. The monoisotopic (exact) mass is 235 g/mol. The van der Waals surface area contributed by atoms with Gasteiger partial charge >= 0.3 is 5.97 Å². The van der Waals surface area contributed by atoms with E-state index in [1.807, 2.05) is 24.3 Å². The van der Waals surface area contributed by atoms with Gasteiger partial charge in [0.1, 0.15) is 0 Å². The molecule has 0 saturated carbocycles. The summed E-state index contributed by atoms with van der Waals surface area (Å²) in [5.74, 6) is -0.785. The van der Waals surface area contributed by atoms with Crippen molar-refractivity contribution in [3.8, 4) is 0 Å². The van der Waals surface area contributed by atoms with Crippen LogP contribution in [0.3, 0.4) is 0 Å². The highest BCUT2D eigenvalue weighted by molar-refractivity contribution is 7.18. The summed E-state index contributed by atoms with van der Waals surface area (Å²) in [7, 11) is 0. The maximum Gasteiger partial charge on any atom is 0.309 e. The fraction of sp³-hybridized carbons (Fsp3) is 0.333. The molecule has 0 spiro atoms. The molecule has 0 fully saturated rings. The number of aliphatic carboxylic acids is 1. The van der Waals surface area contributed by atoms with E-state index in [1.165, 1.54) is 0 Å². The third-order valence-corrected chi connectivity index (χ3v) is 3.55. The Morgan fingerprint density at radius 3 is 2.75 bits per heavy atom. The van der Waals surface area contributed by atoms with E-state index < -0.39 is 11.4 Å². The zero-order valence-corrected chi connectivity index (χ0v) is 10.0. The SMILES string of the molecule is CC(C)(Cc1nc2ccccc2s1)C(=O)O. The van der Waals surface area contributed by atoms with E-state index in [9.17, 15) is 4.79 Å². The number of benzene rings is 1. The van der Waals surface area contributed by atoms with E-state index in [0.717, 1.165) is 15.2 Å². The zero-order chi connectivity index (χ0) is 11.8. The largest absolute Gasteiger partial charge is 0.481 e. The van der Waals surface area contributed by atoms with Crippen LogP contribution < -0.4 is 0 Å².